The molecular formula is C22H21ClFN3O2. The smallest absolute Gasteiger partial charge is 0.268 e. The van der Waals surface area contributed by atoms with Gasteiger partial charge in [-0.3, -0.25) is 14.6 Å². The SMILES string of the molecule is C[C@@H]1CCC(c2cc(=O)c3c(C(N)=O)nccc3[nH]2)[C@H](c2ccc(F)cc2Cl)C1. The first-order valence-electron chi connectivity index (χ1n) is 9.62. The highest BCUT2D eigenvalue weighted by atomic mass is 35.5. The summed E-state index contributed by atoms with van der Waals surface area (Å²) in [5, 5.41) is 0.599. The van der Waals surface area contributed by atoms with Gasteiger partial charge in [0.25, 0.3) is 5.91 Å². The van der Waals surface area contributed by atoms with Crippen LogP contribution in [-0.4, -0.2) is 15.9 Å². The predicted molar refractivity (Wildman–Crippen MR) is 111 cm³/mol. The molecule has 0 radical (unpaired) electrons. The van der Waals surface area contributed by atoms with Crippen LogP contribution < -0.4 is 11.2 Å². The maximum Gasteiger partial charge on any atom is 0.268 e. The first-order valence-corrected chi connectivity index (χ1v) is 9.99. The molecular weight excluding hydrogens is 393 g/mol. The molecule has 1 aliphatic rings. The highest BCUT2D eigenvalue weighted by molar-refractivity contribution is 6.31. The van der Waals surface area contributed by atoms with Gasteiger partial charge in [-0.25, -0.2) is 4.39 Å². The Bertz CT molecular complexity index is 1160. The lowest BCUT2D eigenvalue weighted by molar-refractivity contribution is 0.0997. The van der Waals surface area contributed by atoms with Gasteiger partial charge in [0, 0.05) is 28.9 Å². The third-order valence-corrected chi connectivity index (χ3v) is 6.20. The van der Waals surface area contributed by atoms with Crippen LogP contribution in [0.4, 0.5) is 4.39 Å². The lowest BCUT2D eigenvalue weighted by Crippen LogP contribution is -2.24. The number of aromatic amines is 1. The van der Waals surface area contributed by atoms with Gasteiger partial charge < -0.3 is 10.7 Å². The molecule has 2 aromatic heterocycles. The van der Waals surface area contributed by atoms with Gasteiger partial charge in [0.15, 0.2) is 5.43 Å². The van der Waals surface area contributed by atoms with Crippen LogP contribution in [0.1, 0.15) is 59.8 Å². The zero-order chi connectivity index (χ0) is 20.7. The lowest BCUT2D eigenvalue weighted by atomic mass is 9.70. The van der Waals surface area contributed by atoms with Crippen molar-refractivity contribution in [3.8, 4) is 0 Å². The number of nitrogens with zero attached hydrogens (tertiary/aromatic N) is 1. The van der Waals surface area contributed by atoms with E-state index in [2.05, 4.69) is 16.9 Å². The molecule has 29 heavy (non-hydrogen) atoms. The Morgan fingerprint density at radius 3 is 2.76 bits per heavy atom. The Balaban J connectivity index is 1.84. The van der Waals surface area contributed by atoms with Gasteiger partial charge in [0.2, 0.25) is 0 Å². The molecule has 0 aliphatic heterocycles. The number of fused-ring (bicyclic) bond motifs is 1. The van der Waals surface area contributed by atoms with E-state index in [9.17, 15) is 14.0 Å². The van der Waals surface area contributed by atoms with E-state index in [1.807, 2.05) is 0 Å². The number of benzene rings is 1. The van der Waals surface area contributed by atoms with Gasteiger partial charge in [-0.15, -0.1) is 0 Å². The minimum absolute atomic E-state index is 0.0245. The van der Waals surface area contributed by atoms with Crippen LogP contribution in [0.3, 0.4) is 0 Å². The molecule has 150 valence electrons. The van der Waals surface area contributed by atoms with Gasteiger partial charge >= 0.3 is 0 Å². The zero-order valence-corrected chi connectivity index (χ0v) is 16.7. The summed E-state index contributed by atoms with van der Waals surface area (Å²) in [7, 11) is 0. The molecule has 3 aromatic rings. The predicted octanol–water partition coefficient (Wildman–Crippen LogP) is 4.50. The van der Waals surface area contributed by atoms with E-state index in [-0.39, 0.29) is 34.2 Å². The molecule has 2 heterocycles. The number of hydrogen-bond donors (Lipinski definition) is 2. The molecule has 0 saturated heterocycles. The molecule has 4 rings (SSSR count). The maximum absolute atomic E-state index is 13.6. The molecule has 1 aromatic carbocycles. The number of hydrogen-bond acceptors (Lipinski definition) is 3. The quantitative estimate of drug-likeness (QED) is 0.662. The Morgan fingerprint density at radius 2 is 2.03 bits per heavy atom. The summed E-state index contributed by atoms with van der Waals surface area (Å²) in [4.78, 5) is 31.8. The monoisotopic (exact) mass is 413 g/mol. The first-order chi connectivity index (χ1) is 13.8. The number of amides is 1. The topological polar surface area (TPSA) is 88.8 Å². The fourth-order valence-electron chi connectivity index (χ4n) is 4.51. The first kappa shape index (κ1) is 19.6. The van der Waals surface area contributed by atoms with E-state index in [1.165, 1.54) is 24.4 Å². The molecule has 1 saturated carbocycles. The number of carbonyl (C=O) groups excluding carboxylic acids is 1. The van der Waals surface area contributed by atoms with Crippen molar-refractivity contribution in [3.05, 3.63) is 74.5 Å². The summed E-state index contributed by atoms with van der Waals surface area (Å²) in [6.45, 7) is 2.19. The van der Waals surface area contributed by atoms with Crippen molar-refractivity contribution in [2.75, 3.05) is 0 Å². The number of rotatable bonds is 3. The summed E-state index contributed by atoms with van der Waals surface area (Å²) in [5.41, 5.74) is 7.24. The summed E-state index contributed by atoms with van der Waals surface area (Å²) >= 11 is 6.37. The third kappa shape index (κ3) is 3.65. The summed E-state index contributed by atoms with van der Waals surface area (Å²) in [5.74, 6) is -0.537. The minimum Gasteiger partial charge on any atom is -0.364 e. The van der Waals surface area contributed by atoms with Crippen molar-refractivity contribution in [3.63, 3.8) is 0 Å². The molecule has 3 N–H and O–H groups in total. The van der Waals surface area contributed by atoms with Gasteiger partial charge in [-0.1, -0.05) is 31.0 Å². The van der Waals surface area contributed by atoms with Crippen molar-refractivity contribution in [2.24, 2.45) is 11.7 Å². The molecule has 1 unspecified atom stereocenters. The third-order valence-electron chi connectivity index (χ3n) is 5.87. The van der Waals surface area contributed by atoms with Gasteiger partial charge in [-0.05, 0) is 48.4 Å². The highest BCUT2D eigenvalue weighted by Gasteiger charge is 2.33. The largest absolute Gasteiger partial charge is 0.364 e. The van der Waals surface area contributed by atoms with Crippen molar-refractivity contribution >= 4 is 28.4 Å². The normalized spacial score (nSPS) is 22.0. The van der Waals surface area contributed by atoms with Gasteiger partial charge in [0.05, 0.1) is 10.9 Å². The van der Waals surface area contributed by atoms with Crippen molar-refractivity contribution in [2.45, 2.75) is 38.0 Å². The number of nitrogens with two attached hydrogens (primary N) is 1. The molecule has 1 fully saturated rings. The van der Waals surface area contributed by atoms with Crippen LogP contribution in [0, 0.1) is 11.7 Å². The van der Waals surface area contributed by atoms with E-state index in [4.69, 9.17) is 17.3 Å². The van der Waals surface area contributed by atoms with E-state index < -0.39 is 5.91 Å². The number of pyridine rings is 2. The van der Waals surface area contributed by atoms with Crippen LogP contribution >= 0.6 is 11.6 Å². The van der Waals surface area contributed by atoms with Crippen LogP contribution in [-0.2, 0) is 0 Å². The van der Waals surface area contributed by atoms with Crippen LogP contribution in [0.2, 0.25) is 5.02 Å². The second-order valence-electron chi connectivity index (χ2n) is 7.83. The number of H-pyrrole nitrogens is 1. The molecule has 5 nitrogen and oxygen atoms in total. The van der Waals surface area contributed by atoms with E-state index in [0.29, 0.717) is 16.5 Å². The number of halogens is 2. The number of primary amides is 1. The highest BCUT2D eigenvalue weighted by Crippen LogP contribution is 2.47. The minimum atomic E-state index is -0.740. The fourth-order valence-corrected chi connectivity index (χ4v) is 4.81. The average molecular weight is 414 g/mol. The standard InChI is InChI=1S/C22H21ClFN3O2/c1-11-2-4-14(15(8-11)13-5-3-12(24)9-16(13)23)18-10-19(28)20-17(27-18)6-7-26-21(20)22(25)29/h3,5-7,9-11,14-15H,2,4,8H2,1H3,(H2,25,29)(H,27,28)/t11-,14?,15+/m1/s1. The van der Waals surface area contributed by atoms with E-state index in [0.717, 1.165) is 30.5 Å². The van der Waals surface area contributed by atoms with Gasteiger partial charge in [0.1, 0.15) is 11.5 Å². The molecule has 0 spiro atoms. The van der Waals surface area contributed by atoms with Crippen LogP contribution in [0.5, 0.6) is 0 Å². The van der Waals surface area contributed by atoms with Gasteiger partial charge in [-0.2, -0.15) is 0 Å². The Labute approximate surface area is 172 Å². The molecule has 1 aliphatic carbocycles. The Hall–Kier alpha value is -2.73. The number of nitrogens with one attached hydrogen (secondary N) is 1. The maximum atomic E-state index is 13.6. The molecule has 1 amide bonds. The average Bonchev–Trinajstić information content (AvgIpc) is 2.67. The Kier molecular flexibility index (Phi) is 5.13. The Morgan fingerprint density at radius 1 is 1.24 bits per heavy atom. The zero-order valence-electron chi connectivity index (χ0n) is 15.9. The fraction of sp³-hybridized carbons (Fsp3) is 0.318. The van der Waals surface area contributed by atoms with Crippen LogP contribution in [0.25, 0.3) is 10.9 Å². The van der Waals surface area contributed by atoms with Crippen molar-refractivity contribution < 1.29 is 9.18 Å². The molecule has 3 atom stereocenters. The lowest BCUT2D eigenvalue weighted by Gasteiger charge is -2.36. The second kappa shape index (κ2) is 7.59. The number of aromatic nitrogens is 2. The van der Waals surface area contributed by atoms with Crippen molar-refractivity contribution in [1.29, 1.82) is 0 Å². The summed E-state index contributed by atoms with van der Waals surface area (Å²) in [6.07, 6.45) is 4.23. The number of carbonyl (C=O) groups is 1. The summed E-state index contributed by atoms with van der Waals surface area (Å²) in [6, 6.07) is 7.69. The van der Waals surface area contributed by atoms with Crippen LogP contribution in [0.15, 0.2) is 41.3 Å². The molecule has 0 bridgehead atoms. The van der Waals surface area contributed by atoms with Crippen molar-refractivity contribution in [1.82, 2.24) is 9.97 Å². The second-order valence-corrected chi connectivity index (χ2v) is 8.24. The van der Waals surface area contributed by atoms with E-state index >= 15 is 0 Å². The summed E-state index contributed by atoms with van der Waals surface area (Å²) < 4.78 is 13.6. The van der Waals surface area contributed by atoms with E-state index in [1.54, 1.807) is 12.1 Å². The molecule has 7 heteroatoms.